The highest BCUT2D eigenvalue weighted by Gasteiger charge is 2.21. The van der Waals surface area contributed by atoms with Gasteiger partial charge in [-0.1, -0.05) is 41.9 Å². The van der Waals surface area contributed by atoms with Crippen molar-refractivity contribution in [3.63, 3.8) is 0 Å². The molecule has 3 aromatic rings. The minimum atomic E-state index is -3.84. The van der Waals surface area contributed by atoms with Crippen molar-refractivity contribution < 1.29 is 13.2 Å². The molecule has 1 heterocycles. The Morgan fingerprint density at radius 3 is 2.53 bits per heavy atom. The predicted molar refractivity (Wildman–Crippen MR) is 136 cm³/mol. The lowest BCUT2D eigenvalue weighted by Gasteiger charge is -2.31. The van der Waals surface area contributed by atoms with Gasteiger partial charge in [0.05, 0.1) is 16.3 Å². The summed E-state index contributed by atoms with van der Waals surface area (Å²) in [6.45, 7) is 5.17. The van der Waals surface area contributed by atoms with Crippen molar-refractivity contribution in [3.8, 4) is 0 Å². The van der Waals surface area contributed by atoms with Crippen LogP contribution in [0, 0.1) is 6.92 Å². The van der Waals surface area contributed by atoms with E-state index in [0.29, 0.717) is 16.3 Å². The number of nitrogens with one attached hydrogen (secondary N) is 3. The fourth-order valence-corrected chi connectivity index (χ4v) is 5.22. The molecule has 1 aliphatic rings. The van der Waals surface area contributed by atoms with Crippen LogP contribution in [0.2, 0.25) is 5.02 Å². The van der Waals surface area contributed by atoms with E-state index in [4.69, 9.17) is 11.6 Å². The van der Waals surface area contributed by atoms with Gasteiger partial charge in [-0.25, -0.2) is 8.42 Å². The Morgan fingerprint density at radius 2 is 1.79 bits per heavy atom. The van der Waals surface area contributed by atoms with Gasteiger partial charge in [0.15, 0.2) is 0 Å². The summed E-state index contributed by atoms with van der Waals surface area (Å²) in [5, 5.41) is 6.73. The third-order valence-corrected chi connectivity index (χ3v) is 7.39. The smallest absolute Gasteiger partial charge is 0.261 e. The van der Waals surface area contributed by atoms with E-state index in [2.05, 4.69) is 20.3 Å². The summed E-state index contributed by atoms with van der Waals surface area (Å²) in [6, 6.07) is 19.1. The van der Waals surface area contributed by atoms with E-state index in [1.807, 2.05) is 31.2 Å². The minimum Gasteiger partial charge on any atom is -0.367 e. The van der Waals surface area contributed by atoms with Crippen molar-refractivity contribution in [2.24, 2.45) is 0 Å². The van der Waals surface area contributed by atoms with Crippen LogP contribution in [0.25, 0.3) is 0 Å². The number of amides is 1. The SMILES string of the molecule is Cc1cccc(S(=O)(=O)Nc2cc(C(=O)NCc3ccccc3Cl)ccc2N2CCNCC2)c1. The van der Waals surface area contributed by atoms with Crippen molar-refractivity contribution in [3.05, 3.63) is 88.4 Å². The molecule has 1 aliphatic heterocycles. The zero-order valence-electron chi connectivity index (χ0n) is 18.8. The first-order valence-electron chi connectivity index (χ1n) is 11.0. The molecule has 3 aromatic carbocycles. The topological polar surface area (TPSA) is 90.5 Å². The van der Waals surface area contributed by atoms with E-state index in [9.17, 15) is 13.2 Å². The Hall–Kier alpha value is -3.07. The van der Waals surface area contributed by atoms with Crippen molar-refractivity contribution in [1.29, 1.82) is 0 Å². The Bertz CT molecular complexity index is 1290. The highest BCUT2D eigenvalue weighted by Crippen LogP contribution is 2.30. The van der Waals surface area contributed by atoms with Crippen molar-refractivity contribution in [2.75, 3.05) is 35.8 Å². The van der Waals surface area contributed by atoms with Gasteiger partial charge in [-0.05, 0) is 54.4 Å². The molecule has 3 N–H and O–H groups in total. The van der Waals surface area contributed by atoms with Crippen LogP contribution in [0.3, 0.4) is 0 Å². The van der Waals surface area contributed by atoms with Crippen LogP contribution in [0.15, 0.2) is 71.6 Å². The van der Waals surface area contributed by atoms with Gasteiger partial charge in [0, 0.05) is 43.3 Å². The molecule has 7 nitrogen and oxygen atoms in total. The molecule has 9 heteroatoms. The number of hydrogen-bond donors (Lipinski definition) is 3. The molecule has 0 aromatic heterocycles. The van der Waals surface area contributed by atoms with Crippen LogP contribution in [-0.2, 0) is 16.6 Å². The number of sulfonamides is 1. The molecule has 0 bridgehead atoms. The number of halogens is 1. The van der Waals surface area contributed by atoms with E-state index >= 15 is 0 Å². The number of aryl methyl sites for hydroxylation is 1. The molecule has 0 atom stereocenters. The molecule has 1 saturated heterocycles. The highest BCUT2D eigenvalue weighted by atomic mass is 35.5. The van der Waals surface area contributed by atoms with Crippen LogP contribution in [-0.4, -0.2) is 40.5 Å². The summed E-state index contributed by atoms with van der Waals surface area (Å²) in [7, 11) is -3.84. The van der Waals surface area contributed by atoms with Gasteiger partial charge >= 0.3 is 0 Å². The van der Waals surface area contributed by atoms with Crippen LogP contribution in [0.4, 0.5) is 11.4 Å². The Balaban J connectivity index is 1.62. The maximum Gasteiger partial charge on any atom is 0.261 e. The van der Waals surface area contributed by atoms with Crippen molar-refractivity contribution in [2.45, 2.75) is 18.4 Å². The Kier molecular flexibility index (Phi) is 7.41. The number of anilines is 2. The minimum absolute atomic E-state index is 0.173. The summed E-state index contributed by atoms with van der Waals surface area (Å²) in [5.74, 6) is -0.317. The van der Waals surface area contributed by atoms with Crippen LogP contribution in [0.1, 0.15) is 21.5 Å². The zero-order valence-corrected chi connectivity index (χ0v) is 20.4. The molecule has 0 spiro atoms. The molecular weight excluding hydrogens is 472 g/mol. The summed E-state index contributed by atoms with van der Waals surface area (Å²) >= 11 is 6.19. The second-order valence-electron chi connectivity index (χ2n) is 8.17. The molecule has 178 valence electrons. The first-order chi connectivity index (χ1) is 16.3. The average molecular weight is 499 g/mol. The first-order valence-corrected chi connectivity index (χ1v) is 12.9. The number of hydrogen-bond acceptors (Lipinski definition) is 5. The lowest BCUT2D eigenvalue weighted by Crippen LogP contribution is -2.43. The summed E-state index contributed by atoms with van der Waals surface area (Å²) in [6.07, 6.45) is 0. The first kappa shape index (κ1) is 24.1. The maximum absolute atomic E-state index is 13.2. The third kappa shape index (κ3) is 5.70. The van der Waals surface area contributed by atoms with Gasteiger partial charge in [0.1, 0.15) is 0 Å². The molecule has 0 radical (unpaired) electrons. The quantitative estimate of drug-likeness (QED) is 0.461. The second-order valence-corrected chi connectivity index (χ2v) is 10.3. The van der Waals surface area contributed by atoms with Crippen molar-refractivity contribution in [1.82, 2.24) is 10.6 Å². The van der Waals surface area contributed by atoms with E-state index in [0.717, 1.165) is 43.0 Å². The van der Waals surface area contributed by atoms with Gasteiger partial charge in [-0.2, -0.15) is 0 Å². The monoisotopic (exact) mass is 498 g/mol. The lowest BCUT2D eigenvalue weighted by atomic mass is 10.1. The summed E-state index contributed by atoms with van der Waals surface area (Å²) in [4.78, 5) is 15.2. The van der Waals surface area contributed by atoms with Gasteiger partial charge in [0.2, 0.25) is 0 Å². The van der Waals surface area contributed by atoms with E-state index < -0.39 is 10.0 Å². The van der Waals surface area contributed by atoms with Gasteiger partial charge in [-0.3, -0.25) is 9.52 Å². The van der Waals surface area contributed by atoms with Crippen LogP contribution >= 0.6 is 11.6 Å². The zero-order chi connectivity index (χ0) is 24.1. The van der Waals surface area contributed by atoms with Crippen LogP contribution < -0.4 is 20.3 Å². The number of benzene rings is 3. The van der Waals surface area contributed by atoms with Gasteiger partial charge in [0.25, 0.3) is 15.9 Å². The van der Waals surface area contributed by atoms with Gasteiger partial charge < -0.3 is 15.5 Å². The summed E-state index contributed by atoms with van der Waals surface area (Å²) < 4.78 is 29.0. The van der Waals surface area contributed by atoms with Crippen molar-refractivity contribution >= 4 is 38.9 Å². The highest BCUT2D eigenvalue weighted by molar-refractivity contribution is 7.92. The maximum atomic E-state index is 13.2. The number of piperazine rings is 1. The normalized spacial score (nSPS) is 14.0. The molecule has 1 amide bonds. The molecule has 34 heavy (non-hydrogen) atoms. The third-order valence-electron chi connectivity index (χ3n) is 5.66. The fraction of sp³-hybridized carbons (Fsp3) is 0.240. The number of rotatable bonds is 7. The summed E-state index contributed by atoms with van der Waals surface area (Å²) in [5.41, 5.74) is 3.11. The van der Waals surface area contributed by atoms with E-state index in [1.54, 1.807) is 42.5 Å². The molecule has 4 rings (SSSR count). The predicted octanol–water partition coefficient (Wildman–Crippen LogP) is 3.79. The molecule has 0 saturated carbocycles. The average Bonchev–Trinajstić information content (AvgIpc) is 2.83. The van der Waals surface area contributed by atoms with Crippen LogP contribution in [0.5, 0.6) is 0 Å². The number of nitrogens with zero attached hydrogens (tertiary/aromatic N) is 1. The molecule has 0 aliphatic carbocycles. The van der Waals surface area contributed by atoms with E-state index in [-0.39, 0.29) is 17.3 Å². The fourth-order valence-electron chi connectivity index (χ4n) is 3.85. The number of carbonyl (C=O) groups is 1. The van der Waals surface area contributed by atoms with E-state index in [1.165, 1.54) is 0 Å². The Morgan fingerprint density at radius 1 is 1.03 bits per heavy atom. The molecular formula is C25H27ClN4O3S. The molecule has 1 fully saturated rings. The van der Waals surface area contributed by atoms with Gasteiger partial charge in [-0.15, -0.1) is 0 Å². The molecule has 0 unspecified atom stereocenters. The largest absolute Gasteiger partial charge is 0.367 e. The lowest BCUT2D eigenvalue weighted by molar-refractivity contribution is 0.0951. The standard InChI is InChI=1S/C25H27ClN4O3S/c1-18-5-4-7-21(15-18)34(32,33)29-23-16-19(9-10-24(23)30-13-11-27-12-14-30)25(31)28-17-20-6-2-3-8-22(20)26/h2-10,15-16,27,29H,11-14,17H2,1H3,(H,28,31). The Labute approximate surface area is 205 Å². The number of carbonyl (C=O) groups excluding carboxylic acids is 1. The second kappa shape index (κ2) is 10.5.